The van der Waals surface area contributed by atoms with Gasteiger partial charge in [-0.05, 0) is 44.0 Å². The van der Waals surface area contributed by atoms with Gasteiger partial charge in [-0.1, -0.05) is 0 Å². The number of hydrogen-bond acceptors (Lipinski definition) is 5. The summed E-state index contributed by atoms with van der Waals surface area (Å²) in [7, 11) is 0. The maximum atomic E-state index is 13.0. The standard InChI is InChI=1S/C19H20FN5O2/c1-12(27-15-4-2-14(20)3-5-15)19(26)25-10-6-13(7-11-25)16-17-18(24-23-16)22-9-8-21-17/h2-5,8-9,12-13H,6-7,10-11H2,1H3,(H,22,23,24)/t12-/m1/s1. The van der Waals surface area contributed by atoms with Crippen molar-refractivity contribution < 1.29 is 13.9 Å². The molecule has 27 heavy (non-hydrogen) atoms. The van der Waals surface area contributed by atoms with Gasteiger partial charge in [0.2, 0.25) is 0 Å². The van der Waals surface area contributed by atoms with E-state index in [1.54, 1.807) is 19.3 Å². The van der Waals surface area contributed by atoms with E-state index in [0.29, 0.717) is 24.5 Å². The normalized spacial score (nSPS) is 16.4. The van der Waals surface area contributed by atoms with Crippen LogP contribution >= 0.6 is 0 Å². The van der Waals surface area contributed by atoms with Gasteiger partial charge >= 0.3 is 0 Å². The molecule has 1 aromatic carbocycles. The molecule has 3 heterocycles. The summed E-state index contributed by atoms with van der Waals surface area (Å²) >= 11 is 0. The number of nitrogens with one attached hydrogen (secondary N) is 1. The number of piperidine rings is 1. The van der Waals surface area contributed by atoms with Crippen molar-refractivity contribution in [2.45, 2.75) is 31.8 Å². The molecular formula is C19H20FN5O2. The summed E-state index contributed by atoms with van der Waals surface area (Å²) in [6.07, 6.45) is 4.31. The number of aromatic nitrogens is 4. The van der Waals surface area contributed by atoms with Crippen LogP contribution in [0.2, 0.25) is 0 Å². The van der Waals surface area contributed by atoms with E-state index in [-0.39, 0.29) is 17.6 Å². The second-order valence-corrected chi connectivity index (χ2v) is 6.68. The number of ether oxygens (including phenoxy) is 1. The Kier molecular flexibility index (Phi) is 4.70. The van der Waals surface area contributed by atoms with Gasteiger partial charge in [0.15, 0.2) is 11.8 Å². The van der Waals surface area contributed by atoms with Crippen LogP contribution in [0.5, 0.6) is 5.75 Å². The molecule has 1 saturated heterocycles. The summed E-state index contributed by atoms with van der Waals surface area (Å²) in [6, 6.07) is 5.68. The third-order valence-electron chi connectivity index (χ3n) is 4.91. The molecule has 2 aromatic heterocycles. The smallest absolute Gasteiger partial charge is 0.263 e. The van der Waals surface area contributed by atoms with Crippen LogP contribution in [-0.4, -0.2) is 50.2 Å². The number of carbonyl (C=O) groups excluding carboxylic acids is 1. The minimum absolute atomic E-state index is 0.0629. The van der Waals surface area contributed by atoms with E-state index < -0.39 is 6.10 Å². The topological polar surface area (TPSA) is 84.0 Å². The highest BCUT2D eigenvalue weighted by Gasteiger charge is 2.29. The fraction of sp³-hybridized carbons (Fsp3) is 0.368. The highest BCUT2D eigenvalue weighted by molar-refractivity contribution is 5.81. The van der Waals surface area contributed by atoms with Crippen molar-refractivity contribution in [3.8, 4) is 5.75 Å². The first-order chi connectivity index (χ1) is 13.1. The Hall–Kier alpha value is -3.03. The van der Waals surface area contributed by atoms with E-state index in [4.69, 9.17) is 4.74 Å². The van der Waals surface area contributed by atoms with Gasteiger partial charge in [-0.3, -0.25) is 9.89 Å². The Labute approximate surface area is 155 Å². The molecule has 0 radical (unpaired) electrons. The summed E-state index contributed by atoms with van der Waals surface area (Å²) in [6.45, 7) is 3.00. The lowest BCUT2D eigenvalue weighted by Crippen LogP contribution is -2.44. The number of hydrogen-bond donors (Lipinski definition) is 1. The number of likely N-dealkylation sites (tertiary alicyclic amines) is 1. The van der Waals surface area contributed by atoms with Gasteiger partial charge in [0.1, 0.15) is 17.1 Å². The zero-order valence-corrected chi connectivity index (χ0v) is 14.9. The summed E-state index contributed by atoms with van der Waals surface area (Å²) in [5.74, 6) is 0.352. The largest absolute Gasteiger partial charge is 0.481 e. The van der Waals surface area contributed by atoms with E-state index in [1.807, 2.05) is 4.90 Å². The molecule has 8 heteroatoms. The van der Waals surface area contributed by atoms with Crippen LogP contribution in [0, 0.1) is 5.82 Å². The second-order valence-electron chi connectivity index (χ2n) is 6.68. The van der Waals surface area contributed by atoms with Crippen LogP contribution < -0.4 is 4.74 Å². The Bertz CT molecular complexity index is 935. The molecule has 1 atom stereocenters. The van der Waals surface area contributed by atoms with Gasteiger partial charge in [-0.15, -0.1) is 0 Å². The van der Waals surface area contributed by atoms with Gasteiger partial charge in [0.25, 0.3) is 5.91 Å². The summed E-state index contributed by atoms with van der Waals surface area (Å²) in [5.41, 5.74) is 2.41. The fourth-order valence-electron chi connectivity index (χ4n) is 3.47. The van der Waals surface area contributed by atoms with E-state index >= 15 is 0 Å². The van der Waals surface area contributed by atoms with E-state index in [9.17, 15) is 9.18 Å². The van der Waals surface area contributed by atoms with Gasteiger partial charge in [0.05, 0.1) is 5.69 Å². The lowest BCUT2D eigenvalue weighted by atomic mass is 9.93. The van der Waals surface area contributed by atoms with E-state index in [1.165, 1.54) is 24.3 Å². The molecule has 0 saturated carbocycles. The predicted molar refractivity (Wildman–Crippen MR) is 96.7 cm³/mol. The molecule has 0 spiro atoms. The van der Waals surface area contributed by atoms with Crippen molar-refractivity contribution in [3.05, 3.63) is 48.2 Å². The van der Waals surface area contributed by atoms with Crippen LogP contribution in [-0.2, 0) is 4.79 Å². The number of nitrogens with zero attached hydrogens (tertiary/aromatic N) is 4. The lowest BCUT2D eigenvalue weighted by molar-refractivity contribution is -0.139. The van der Waals surface area contributed by atoms with Crippen molar-refractivity contribution in [2.75, 3.05) is 13.1 Å². The SMILES string of the molecule is C[C@@H](Oc1ccc(F)cc1)C(=O)N1CCC(c2[nH]nc3nccnc23)CC1. The number of rotatable bonds is 4. The van der Waals surface area contributed by atoms with Crippen LogP contribution in [0.15, 0.2) is 36.7 Å². The molecule has 4 rings (SSSR count). The highest BCUT2D eigenvalue weighted by atomic mass is 19.1. The average molecular weight is 369 g/mol. The number of H-pyrrole nitrogens is 1. The third kappa shape index (κ3) is 3.60. The molecule has 1 aliphatic heterocycles. The lowest BCUT2D eigenvalue weighted by Gasteiger charge is -2.33. The van der Waals surface area contributed by atoms with Crippen LogP contribution in [0.4, 0.5) is 4.39 Å². The van der Waals surface area contributed by atoms with Crippen molar-refractivity contribution in [2.24, 2.45) is 0 Å². The van der Waals surface area contributed by atoms with Gasteiger partial charge in [-0.25, -0.2) is 14.4 Å². The molecule has 1 amide bonds. The Morgan fingerprint density at radius 1 is 1.22 bits per heavy atom. The maximum Gasteiger partial charge on any atom is 0.263 e. The molecule has 140 valence electrons. The number of benzene rings is 1. The van der Waals surface area contributed by atoms with Crippen LogP contribution in [0.1, 0.15) is 31.4 Å². The second kappa shape index (κ2) is 7.30. The average Bonchev–Trinajstić information content (AvgIpc) is 3.13. The van der Waals surface area contributed by atoms with E-state index in [0.717, 1.165) is 24.1 Å². The van der Waals surface area contributed by atoms with Crippen molar-refractivity contribution >= 4 is 17.1 Å². The maximum absolute atomic E-state index is 13.0. The predicted octanol–water partition coefficient (Wildman–Crippen LogP) is 2.67. The Morgan fingerprint density at radius 3 is 2.67 bits per heavy atom. The molecule has 1 fully saturated rings. The number of fused-ring (bicyclic) bond motifs is 1. The van der Waals surface area contributed by atoms with Gasteiger partial charge < -0.3 is 9.64 Å². The number of aromatic amines is 1. The first-order valence-electron chi connectivity index (χ1n) is 8.98. The molecule has 7 nitrogen and oxygen atoms in total. The van der Waals surface area contributed by atoms with Crippen LogP contribution in [0.25, 0.3) is 11.2 Å². The van der Waals surface area contributed by atoms with Gasteiger partial charge in [-0.2, -0.15) is 5.10 Å². The quantitative estimate of drug-likeness (QED) is 0.764. The Morgan fingerprint density at radius 2 is 1.93 bits per heavy atom. The number of amides is 1. The minimum Gasteiger partial charge on any atom is -0.481 e. The zero-order valence-electron chi connectivity index (χ0n) is 14.9. The molecule has 1 aliphatic rings. The Balaban J connectivity index is 1.37. The zero-order chi connectivity index (χ0) is 18.8. The van der Waals surface area contributed by atoms with Crippen molar-refractivity contribution in [3.63, 3.8) is 0 Å². The molecule has 1 N–H and O–H groups in total. The molecule has 0 unspecified atom stereocenters. The summed E-state index contributed by atoms with van der Waals surface area (Å²) in [4.78, 5) is 23.0. The fourth-order valence-corrected chi connectivity index (χ4v) is 3.47. The first kappa shape index (κ1) is 17.4. The number of carbonyl (C=O) groups is 1. The molecule has 0 aliphatic carbocycles. The minimum atomic E-state index is -0.620. The van der Waals surface area contributed by atoms with Crippen molar-refractivity contribution in [1.82, 2.24) is 25.1 Å². The summed E-state index contributed by atoms with van der Waals surface area (Å²) in [5, 5.41) is 7.26. The number of halogens is 1. The monoisotopic (exact) mass is 369 g/mol. The summed E-state index contributed by atoms with van der Waals surface area (Å²) < 4.78 is 18.6. The highest BCUT2D eigenvalue weighted by Crippen LogP contribution is 2.30. The van der Waals surface area contributed by atoms with E-state index in [2.05, 4.69) is 20.2 Å². The van der Waals surface area contributed by atoms with Gasteiger partial charge in [0, 0.05) is 31.4 Å². The molecule has 3 aromatic rings. The first-order valence-corrected chi connectivity index (χ1v) is 8.98. The van der Waals surface area contributed by atoms with Crippen LogP contribution in [0.3, 0.4) is 0 Å². The van der Waals surface area contributed by atoms with Crippen molar-refractivity contribution in [1.29, 1.82) is 0 Å². The molecular weight excluding hydrogens is 349 g/mol. The third-order valence-corrected chi connectivity index (χ3v) is 4.91. The molecule has 0 bridgehead atoms.